The number of aryl methyl sites for hydroxylation is 1. The van der Waals surface area contributed by atoms with Crippen molar-refractivity contribution in [2.75, 3.05) is 5.73 Å². The Labute approximate surface area is 115 Å². The third kappa shape index (κ3) is 2.01. The van der Waals surface area contributed by atoms with E-state index in [1.807, 2.05) is 25.1 Å². The number of nitrogen functional groups attached to an aromatic ring is 1. The lowest BCUT2D eigenvalue weighted by Crippen LogP contribution is -2.04. The van der Waals surface area contributed by atoms with Crippen molar-refractivity contribution in [2.24, 2.45) is 0 Å². The van der Waals surface area contributed by atoms with E-state index in [0.29, 0.717) is 11.5 Å². The first-order chi connectivity index (χ1) is 9.54. The zero-order valence-corrected chi connectivity index (χ0v) is 11.1. The molecule has 0 fully saturated rings. The van der Waals surface area contributed by atoms with Gasteiger partial charge in [0, 0.05) is 6.92 Å². The number of ketones is 1. The number of nitrogens with two attached hydrogens (primary N) is 1. The van der Waals surface area contributed by atoms with Crippen LogP contribution in [0.1, 0.15) is 23.0 Å². The zero-order chi connectivity index (χ0) is 14.3. The number of nitrogens with zero attached hydrogens (tertiary/aromatic N) is 3. The third-order valence-corrected chi connectivity index (χ3v) is 3.02. The molecule has 0 aliphatic carbocycles. The summed E-state index contributed by atoms with van der Waals surface area (Å²) in [6.07, 6.45) is 1.37. The Morgan fingerprint density at radius 1 is 1.30 bits per heavy atom. The van der Waals surface area contributed by atoms with Gasteiger partial charge in [0.1, 0.15) is 11.4 Å². The highest BCUT2D eigenvalue weighted by molar-refractivity contribution is 5.92. The fourth-order valence-corrected chi connectivity index (χ4v) is 1.98. The molecule has 0 unspecified atom stereocenters. The average molecular weight is 267 g/mol. The second kappa shape index (κ2) is 4.41. The van der Waals surface area contributed by atoms with Gasteiger partial charge < -0.3 is 10.7 Å². The molecule has 0 bridgehead atoms. The molecule has 6 heteroatoms. The van der Waals surface area contributed by atoms with Crippen LogP contribution in [0.25, 0.3) is 22.6 Å². The first kappa shape index (κ1) is 12.3. The number of anilines is 1. The van der Waals surface area contributed by atoms with Crippen LogP contribution < -0.4 is 5.73 Å². The monoisotopic (exact) mass is 267 g/mol. The number of fused-ring (bicyclic) bond motifs is 1. The summed E-state index contributed by atoms with van der Waals surface area (Å²) < 4.78 is 0. The highest BCUT2D eigenvalue weighted by atomic mass is 16.1. The molecule has 0 radical (unpaired) electrons. The molecule has 0 aliphatic heterocycles. The van der Waals surface area contributed by atoms with E-state index in [-0.39, 0.29) is 17.3 Å². The normalized spacial score (nSPS) is 10.9. The number of rotatable bonds is 2. The molecule has 100 valence electrons. The van der Waals surface area contributed by atoms with E-state index in [2.05, 4.69) is 19.9 Å². The number of carbonyl (C=O) groups is 1. The molecule has 0 saturated carbocycles. The summed E-state index contributed by atoms with van der Waals surface area (Å²) in [6, 6.07) is 5.89. The predicted molar refractivity (Wildman–Crippen MR) is 76.3 cm³/mol. The minimum Gasteiger partial charge on any atom is -0.382 e. The fraction of sp³-hybridized carbons (Fsp3) is 0.143. The largest absolute Gasteiger partial charge is 0.382 e. The minimum absolute atomic E-state index is 0.161. The number of aromatic nitrogens is 4. The van der Waals surface area contributed by atoms with Gasteiger partial charge >= 0.3 is 0 Å². The summed E-state index contributed by atoms with van der Waals surface area (Å²) in [4.78, 5) is 27.2. The minimum atomic E-state index is -0.161. The van der Waals surface area contributed by atoms with Crippen LogP contribution in [0, 0.1) is 6.92 Å². The molecule has 3 N–H and O–H groups in total. The molecule has 2 aromatic heterocycles. The SMILES string of the molecule is CC(=O)c1cnc(N)c(-c2nc3ccc(C)cc3[nH]2)n1. The van der Waals surface area contributed by atoms with Gasteiger partial charge in [-0.15, -0.1) is 0 Å². The van der Waals surface area contributed by atoms with Crippen LogP contribution in [0.5, 0.6) is 0 Å². The first-order valence-corrected chi connectivity index (χ1v) is 6.15. The van der Waals surface area contributed by atoms with Crippen molar-refractivity contribution in [1.29, 1.82) is 0 Å². The summed E-state index contributed by atoms with van der Waals surface area (Å²) in [5.41, 5.74) is 9.34. The molecule has 0 spiro atoms. The Balaban J connectivity index is 2.19. The maximum absolute atomic E-state index is 11.4. The van der Waals surface area contributed by atoms with Crippen LogP contribution in [0.15, 0.2) is 24.4 Å². The number of Topliss-reactive ketones (excluding diaryl/α,β-unsaturated/α-hetero) is 1. The van der Waals surface area contributed by atoms with Gasteiger partial charge in [0.2, 0.25) is 0 Å². The van der Waals surface area contributed by atoms with Crippen molar-refractivity contribution in [1.82, 2.24) is 19.9 Å². The molecule has 0 atom stereocenters. The number of hydrogen-bond acceptors (Lipinski definition) is 5. The predicted octanol–water partition coefficient (Wildman–Crippen LogP) is 2.11. The molecule has 20 heavy (non-hydrogen) atoms. The molecule has 0 aliphatic rings. The van der Waals surface area contributed by atoms with Crippen LogP contribution in [0.4, 0.5) is 5.82 Å². The summed E-state index contributed by atoms with van der Waals surface area (Å²) >= 11 is 0. The topological polar surface area (TPSA) is 97.5 Å². The summed E-state index contributed by atoms with van der Waals surface area (Å²) in [6.45, 7) is 3.44. The lowest BCUT2D eigenvalue weighted by molar-refractivity contribution is 0.101. The van der Waals surface area contributed by atoms with Crippen LogP contribution in [0.2, 0.25) is 0 Å². The maximum Gasteiger partial charge on any atom is 0.179 e. The Bertz CT molecular complexity index is 822. The second-order valence-electron chi connectivity index (χ2n) is 4.65. The summed E-state index contributed by atoms with van der Waals surface area (Å²) in [5, 5.41) is 0. The number of hydrogen-bond donors (Lipinski definition) is 2. The van der Waals surface area contributed by atoms with Gasteiger partial charge in [0.25, 0.3) is 0 Å². The third-order valence-electron chi connectivity index (χ3n) is 3.02. The average Bonchev–Trinajstić information content (AvgIpc) is 2.81. The van der Waals surface area contributed by atoms with Crippen LogP contribution in [-0.2, 0) is 0 Å². The highest BCUT2D eigenvalue weighted by Crippen LogP contribution is 2.23. The molecular weight excluding hydrogens is 254 g/mol. The number of imidazole rings is 1. The smallest absolute Gasteiger partial charge is 0.179 e. The van der Waals surface area contributed by atoms with E-state index in [0.717, 1.165) is 16.6 Å². The quantitative estimate of drug-likeness (QED) is 0.693. The van der Waals surface area contributed by atoms with Crippen molar-refractivity contribution < 1.29 is 4.79 Å². The number of nitrogens with one attached hydrogen (secondary N) is 1. The zero-order valence-electron chi connectivity index (χ0n) is 11.1. The first-order valence-electron chi connectivity index (χ1n) is 6.15. The van der Waals surface area contributed by atoms with E-state index in [1.54, 1.807) is 0 Å². The Morgan fingerprint density at radius 2 is 2.10 bits per heavy atom. The number of carbonyl (C=O) groups excluding carboxylic acids is 1. The maximum atomic E-state index is 11.4. The second-order valence-corrected chi connectivity index (χ2v) is 4.65. The van der Waals surface area contributed by atoms with E-state index < -0.39 is 0 Å². The van der Waals surface area contributed by atoms with Crippen LogP contribution in [-0.4, -0.2) is 25.7 Å². The molecule has 1 aromatic carbocycles. The van der Waals surface area contributed by atoms with Crippen LogP contribution in [0.3, 0.4) is 0 Å². The van der Waals surface area contributed by atoms with Gasteiger partial charge in [-0.2, -0.15) is 0 Å². The molecule has 6 nitrogen and oxygen atoms in total. The van der Waals surface area contributed by atoms with E-state index in [9.17, 15) is 4.79 Å². The molecular formula is C14H13N5O. The number of aromatic amines is 1. The van der Waals surface area contributed by atoms with E-state index in [4.69, 9.17) is 5.73 Å². The number of H-pyrrole nitrogens is 1. The van der Waals surface area contributed by atoms with Gasteiger partial charge in [0.05, 0.1) is 17.2 Å². The standard InChI is InChI=1S/C14H13N5O/c1-7-3-4-9-10(5-7)19-14(18-9)12-13(15)16-6-11(17-12)8(2)20/h3-6H,1-2H3,(H2,15,16)(H,18,19). The van der Waals surface area contributed by atoms with Crippen molar-refractivity contribution in [3.63, 3.8) is 0 Å². The Kier molecular flexibility index (Phi) is 2.71. The van der Waals surface area contributed by atoms with Crippen molar-refractivity contribution in [3.05, 3.63) is 35.7 Å². The number of benzene rings is 1. The molecule has 3 aromatic rings. The summed E-state index contributed by atoms with van der Waals surface area (Å²) in [5.74, 6) is 0.593. The van der Waals surface area contributed by atoms with Crippen molar-refractivity contribution in [3.8, 4) is 11.5 Å². The molecule has 3 rings (SSSR count). The van der Waals surface area contributed by atoms with E-state index >= 15 is 0 Å². The lowest BCUT2D eigenvalue weighted by atomic mass is 10.2. The molecule has 2 heterocycles. The Morgan fingerprint density at radius 3 is 2.85 bits per heavy atom. The van der Waals surface area contributed by atoms with Crippen molar-refractivity contribution in [2.45, 2.75) is 13.8 Å². The molecule has 0 saturated heterocycles. The lowest BCUT2D eigenvalue weighted by Gasteiger charge is -2.02. The Hall–Kier alpha value is -2.76. The summed E-state index contributed by atoms with van der Waals surface area (Å²) in [7, 11) is 0. The van der Waals surface area contributed by atoms with Crippen molar-refractivity contribution >= 4 is 22.6 Å². The fourth-order valence-electron chi connectivity index (χ4n) is 1.98. The molecule has 0 amide bonds. The van der Waals surface area contributed by atoms with Crippen LogP contribution >= 0.6 is 0 Å². The highest BCUT2D eigenvalue weighted by Gasteiger charge is 2.13. The van der Waals surface area contributed by atoms with E-state index in [1.165, 1.54) is 13.1 Å². The van der Waals surface area contributed by atoms with Gasteiger partial charge in [-0.25, -0.2) is 15.0 Å². The van der Waals surface area contributed by atoms with Gasteiger partial charge in [-0.1, -0.05) is 6.07 Å². The van der Waals surface area contributed by atoms with Gasteiger partial charge in [0.15, 0.2) is 17.4 Å². The van der Waals surface area contributed by atoms with Gasteiger partial charge in [-0.3, -0.25) is 4.79 Å². The van der Waals surface area contributed by atoms with Gasteiger partial charge in [-0.05, 0) is 24.6 Å².